The fourth-order valence-corrected chi connectivity index (χ4v) is 1.69. The zero-order chi connectivity index (χ0) is 14.5. The Labute approximate surface area is 112 Å². The van der Waals surface area contributed by atoms with Crippen LogP contribution in [0.4, 0.5) is 13.2 Å². The lowest BCUT2D eigenvalue weighted by Crippen LogP contribution is -2.40. The molecule has 1 aromatic rings. The Morgan fingerprint density at radius 3 is 2.37 bits per heavy atom. The Kier molecular flexibility index (Phi) is 5.23. The second-order valence-corrected chi connectivity index (χ2v) is 5.03. The highest BCUT2D eigenvalue weighted by atomic mass is 19.4. The van der Waals surface area contributed by atoms with E-state index in [9.17, 15) is 13.2 Å². The topological polar surface area (TPSA) is 21.3 Å². The van der Waals surface area contributed by atoms with Crippen LogP contribution in [-0.4, -0.2) is 18.7 Å². The van der Waals surface area contributed by atoms with Crippen molar-refractivity contribution in [3.8, 4) is 5.75 Å². The van der Waals surface area contributed by atoms with Gasteiger partial charge in [0.25, 0.3) is 0 Å². The third-order valence-corrected chi connectivity index (χ3v) is 2.56. The summed E-state index contributed by atoms with van der Waals surface area (Å²) in [6.07, 6.45) is -3.43. The van der Waals surface area contributed by atoms with Gasteiger partial charge in [0.1, 0.15) is 11.4 Å². The number of hydrogen-bond acceptors (Lipinski definition) is 2. The Bertz CT molecular complexity index is 402. The summed E-state index contributed by atoms with van der Waals surface area (Å²) in [5, 5.41) is 3.15. The molecule has 2 nitrogen and oxygen atoms in total. The van der Waals surface area contributed by atoms with E-state index in [1.165, 1.54) is 12.1 Å². The maximum Gasteiger partial charge on any atom is 0.419 e. The lowest BCUT2D eigenvalue weighted by molar-refractivity contribution is -0.139. The van der Waals surface area contributed by atoms with Crippen molar-refractivity contribution in [3.05, 3.63) is 29.8 Å². The SMILES string of the molecule is CCCNCC(C)(C)Oc1ccccc1C(F)(F)F. The Hall–Kier alpha value is -1.23. The number of halogens is 3. The Morgan fingerprint density at radius 1 is 1.16 bits per heavy atom. The van der Waals surface area contributed by atoms with Gasteiger partial charge in [0.05, 0.1) is 5.56 Å². The molecule has 0 saturated heterocycles. The first-order valence-corrected chi connectivity index (χ1v) is 6.32. The summed E-state index contributed by atoms with van der Waals surface area (Å²) in [7, 11) is 0. The van der Waals surface area contributed by atoms with E-state index in [0.29, 0.717) is 6.54 Å². The number of alkyl halides is 3. The fourth-order valence-electron chi connectivity index (χ4n) is 1.69. The van der Waals surface area contributed by atoms with E-state index >= 15 is 0 Å². The first kappa shape index (κ1) is 15.8. The van der Waals surface area contributed by atoms with E-state index in [0.717, 1.165) is 19.0 Å². The summed E-state index contributed by atoms with van der Waals surface area (Å²) >= 11 is 0. The molecule has 108 valence electrons. The number of benzene rings is 1. The van der Waals surface area contributed by atoms with Gasteiger partial charge in [-0.3, -0.25) is 0 Å². The molecule has 0 heterocycles. The molecule has 0 bridgehead atoms. The predicted octanol–water partition coefficient (Wildman–Crippen LogP) is 3.86. The molecule has 0 aliphatic carbocycles. The number of ether oxygens (including phenoxy) is 1. The second-order valence-electron chi connectivity index (χ2n) is 5.03. The van der Waals surface area contributed by atoms with Crippen molar-refractivity contribution >= 4 is 0 Å². The maximum atomic E-state index is 12.8. The number of para-hydroxylation sites is 1. The van der Waals surface area contributed by atoms with Gasteiger partial charge in [-0.1, -0.05) is 19.1 Å². The Morgan fingerprint density at radius 2 is 1.79 bits per heavy atom. The van der Waals surface area contributed by atoms with E-state index in [1.54, 1.807) is 19.9 Å². The molecule has 1 aromatic carbocycles. The van der Waals surface area contributed by atoms with Crippen molar-refractivity contribution in [2.24, 2.45) is 0 Å². The van der Waals surface area contributed by atoms with Crippen LogP contribution in [0.25, 0.3) is 0 Å². The van der Waals surface area contributed by atoms with Crippen molar-refractivity contribution in [3.63, 3.8) is 0 Å². The van der Waals surface area contributed by atoms with E-state index < -0.39 is 17.3 Å². The molecule has 19 heavy (non-hydrogen) atoms. The van der Waals surface area contributed by atoms with E-state index in [2.05, 4.69) is 5.32 Å². The number of rotatable bonds is 6. The van der Waals surface area contributed by atoms with Gasteiger partial charge in [-0.25, -0.2) is 0 Å². The molecule has 0 unspecified atom stereocenters. The van der Waals surface area contributed by atoms with E-state index in [1.807, 2.05) is 6.92 Å². The van der Waals surface area contributed by atoms with Gasteiger partial charge in [-0.05, 0) is 38.9 Å². The van der Waals surface area contributed by atoms with Gasteiger partial charge in [0.2, 0.25) is 0 Å². The smallest absolute Gasteiger partial charge is 0.419 e. The van der Waals surface area contributed by atoms with Crippen molar-refractivity contribution in [1.82, 2.24) is 5.32 Å². The van der Waals surface area contributed by atoms with Crippen LogP contribution in [-0.2, 0) is 6.18 Å². The molecule has 0 atom stereocenters. The summed E-state index contributed by atoms with van der Waals surface area (Å²) in [5.41, 5.74) is -1.44. The molecule has 0 aliphatic heterocycles. The highest BCUT2D eigenvalue weighted by Crippen LogP contribution is 2.37. The average Bonchev–Trinajstić information content (AvgIpc) is 2.27. The fraction of sp³-hybridized carbons (Fsp3) is 0.571. The average molecular weight is 275 g/mol. The summed E-state index contributed by atoms with van der Waals surface area (Å²) in [6, 6.07) is 5.29. The monoisotopic (exact) mass is 275 g/mol. The first-order valence-electron chi connectivity index (χ1n) is 6.32. The lowest BCUT2D eigenvalue weighted by atomic mass is 10.1. The van der Waals surface area contributed by atoms with Gasteiger partial charge in [-0.15, -0.1) is 0 Å². The minimum absolute atomic E-state index is 0.127. The van der Waals surface area contributed by atoms with Crippen molar-refractivity contribution < 1.29 is 17.9 Å². The van der Waals surface area contributed by atoms with Crippen molar-refractivity contribution in [2.75, 3.05) is 13.1 Å². The van der Waals surface area contributed by atoms with Crippen LogP contribution in [0, 0.1) is 0 Å². The summed E-state index contributed by atoms with van der Waals surface area (Å²) in [4.78, 5) is 0. The molecule has 0 spiro atoms. The number of hydrogen-bond donors (Lipinski definition) is 1. The Balaban J connectivity index is 2.81. The van der Waals surface area contributed by atoms with Crippen LogP contribution in [0.2, 0.25) is 0 Å². The van der Waals surface area contributed by atoms with Crippen LogP contribution in [0.15, 0.2) is 24.3 Å². The normalized spacial score (nSPS) is 12.5. The van der Waals surface area contributed by atoms with E-state index in [4.69, 9.17) is 4.74 Å². The van der Waals surface area contributed by atoms with Crippen molar-refractivity contribution in [1.29, 1.82) is 0 Å². The molecule has 0 fully saturated rings. The van der Waals surface area contributed by atoms with Gasteiger partial charge >= 0.3 is 6.18 Å². The van der Waals surface area contributed by atoms with Gasteiger partial charge < -0.3 is 10.1 Å². The van der Waals surface area contributed by atoms with Crippen LogP contribution in [0.5, 0.6) is 5.75 Å². The molecule has 1 N–H and O–H groups in total. The zero-order valence-electron chi connectivity index (χ0n) is 11.5. The lowest BCUT2D eigenvalue weighted by Gasteiger charge is -2.28. The summed E-state index contributed by atoms with van der Waals surface area (Å²) in [5.74, 6) is -0.127. The van der Waals surface area contributed by atoms with Gasteiger partial charge in [0, 0.05) is 6.54 Å². The van der Waals surface area contributed by atoms with Gasteiger partial charge in [-0.2, -0.15) is 13.2 Å². The van der Waals surface area contributed by atoms with Crippen LogP contribution in [0.1, 0.15) is 32.8 Å². The standard InChI is InChI=1S/C14H20F3NO/c1-4-9-18-10-13(2,3)19-12-8-6-5-7-11(12)14(15,16)17/h5-8,18H,4,9-10H2,1-3H3. The molecule has 0 amide bonds. The first-order chi connectivity index (χ1) is 8.76. The third kappa shape index (κ3) is 5.11. The molecular formula is C14H20F3NO. The maximum absolute atomic E-state index is 12.8. The van der Waals surface area contributed by atoms with Crippen LogP contribution < -0.4 is 10.1 Å². The zero-order valence-corrected chi connectivity index (χ0v) is 11.5. The van der Waals surface area contributed by atoms with Gasteiger partial charge in [0.15, 0.2) is 0 Å². The summed E-state index contributed by atoms with van der Waals surface area (Å²) < 4.78 is 44.0. The van der Waals surface area contributed by atoms with Crippen LogP contribution in [0.3, 0.4) is 0 Å². The molecule has 0 aromatic heterocycles. The minimum atomic E-state index is -4.40. The molecular weight excluding hydrogens is 255 g/mol. The predicted molar refractivity (Wildman–Crippen MR) is 69.3 cm³/mol. The minimum Gasteiger partial charge on any atom is -0.486 e. The summed E-state index contributed by atoms with van der Waals surface area (Å²) in [6.45, 7) is 6.87. The molecule has 0 radical (unpaired) electrons. The number of nitrogens with one attached hydrogen (secondary N) is 1. The quantitative estimate of drug-likeness (QED) is 0.796. The highest BCUT2D eigenvalue weighted by Gasteiger charge is 2.35. The van der Waals surface area contributed by atoms with E-state index in [-0.39, 0.29) is 5.75 Å². The highest BCUT2D eigenvalue weighted by molar-refractivity contribution is 5.36. The van der Waals surface area contributed by atoms with Crippen molar-refractivity contribution in [2.45, 2.75) is 39.0 Å². The largest absolute Gasteiger partial charge is 0.486 e. The molecule has 5 heteroatoms. The second kappa shape index (κ2) is 6.28. The van der Waals surface area contributed by atoms with Crippen LogP contribution >= 0.6 is 0 Å². The molecule has 0 saturated carbocycles. The molecule has 0 aliphatic rings. The molecule has 1 rings (SSSR count). The third-order valence-electron chi connectivity index (χ3n) is 2.56.